The molecule has 6 nitrogen and oxygen atoms in total. The third kappa shape index (κ3) is 3.65. The maximum Gasteiger partial charge on any atom is 0.256 e. The Morgan fingerprint density at radius 2 is 2.26 bits per heavy atom. The minimum atomic E-state index is -0.139. The lowest BCUT2D eigenvalue weighted by Crippen LogP contribution is -2.24. The van der Waals surface area contributed by atoms with E-state index in [9.17, 15) is 4.79 Å². The molecule has 0 aliphatic heterocycles. The summed E-state index contributed by atoms with van der Waals surface area (Å²) in [5, 5.41) is 6.94. The van der Waals surface area contributed by atoms with Crippen molar-refractivity contribution in [1.29, 1.82) is 0 Å². The lowest BCUT2D eigenvalue weighted by atomic mass is 10.3. The first-order valence-corrected chi connectivity index (χ1v) is 6.01. The minimum Gasteiger partial charge on any atom is -0.352 e. The van der Waals surface area contributed by atoms with Crippen molar-refractivity contribution in [1.82, 2.24) is 19.9 Å². The van der Waals surface area contributed by atoms with Gasteiger partial charge in [0, 0.05) is 18.4 Å². The summed E-state index contributed by atoms with van der Waals surface area (Å²) in [6.45, 7) is 3.16. The maximum atomic E-state index is 12.0. The summed E-state index contributed by atoms with van der Waals surface area (Å²) < 4.78 is 1.60. The number of nitrogens with one attached hydrogen (secondary N) is 1. The first-order chi connectivity index (χ1) is 8.72. The predicted octanol–water partition coefficient (Wildman–Crippen LogP) is 0.928. The van der Waals surface area contributed by atoms with Crippen LogP contribution < -0.4 is 11.1 Å². The molecule has 2 aromatic rings. The summed E-state index contributed by atoms with van der Waals surface area (Å²) in [6, 6.07) is 1.85. The number of unbranched alkanes of at least 4 members (excludes halogenated alkanes) is 1. The fraction of sp³-hybridized carbons (Fsp3) is 0.417. The Hall–Kier alpha value is -1.66. The van der Waals surface area contributed by atoms with E-state index >= 15 is 0 Å². The van der Waals surface area contributed by atoms with E-state index in [1.165, 1.54) is 0 Å². The highest BCUT2D eigenvalue weighted by Crippen LogP contribution is 2.08. The Balaban J connectivity index is 0.00000180. The molecule has 3 N–H and O–H groups in total. The van der Waals surface area contributed by atoms with Gasteiger partial charge in [0.25, 0.3) is 5.91 Å². The summed E-state index contributed by atoms with van der Waals surface area (Å²) in [7, 11) is 0. The molecule has 104 valence electrons. The standard InChI is InChI=1S/C12H17N5O.ClH/c1-9-4-7-17-11(16-9)10(8-15-17)12(18)14-6-3-2-5-13;/h4,7-8H,2-3,5-6,13H2,1H3,(H,14,18);1H. The second-order valence-electron chi connectivity index (χ2n) is 4.15. The van der Waals surface area contributed by atoms with Gasteiger partial charge in [-0.05, 0) is 32.4 Å². The van der Waals surface area contributed by atoms with E-state index in [1.807, 2.05) is 13.0 Å². The Kier molecular flexibility index (Phi) is 5.72. The molecule has 0 bridgehead atoms. The lowest BCUT2D eigenvalue weighted by molar-refractivity contribution is 0.0954. The fourth-order valence-corrected chi connectivity index (χ4v) is 1.69. The lowest BCUT2D eigenvalue weighted by Gasteiger charge is -2.03. The highest BCUT2D eigenvalue weighted by Gasteiger charge is 2.13. The van der Waals surface area contributed by atoms with E-state index in [4.69, 9.17) is 5.73 Å². The zero-order valence-electron chi connectivity index (χ0n) is 10.8. The quantitative estimate of drug-likeness (QED) is 0.800. The number of hydrogen-bond acceptors (Lipinski definition) is 4. The zero-order valence-corrected chi connectivity index (χ0v) is 11.6. The number of aromatic nitrogens is 3. The molecule has 0 radical (unpaired) electrons. The Morgan fingerprint density at radius 3 is 3.00 bits per heavy atom. The summed E-state index contributed by atoms with van der Waals surface area (Å²) in [5.41, 5.74) is 7.35. The first kappa shape index (κ1) is 15.4. The number of hydrogen-bond donors (Lipinski definition) is 2. The summed E-state index contributed by atoms with van der Waals surface area (Å²) in [5.74, 6) is -0.139. The van der Waals surface area contributed by atoms with E-state index in [-0.39, 0.29) is 18.3 Å². The van der Waals surface area contributed by atoms with Gasteiger partial charge in [-0.1, -0.05) is 0 Å². The molecule has 2 aromatic heterocycles. The highest BCUT2D eigenvalue weighted by atomic mass is 35.5. The smallest absolute Gasteiger partial charge is 0.256 e. The van der Waals surface area contributed by atoms with Gasteiger partial charge in [0.1, 0.15) is 5.56 Å². The summed E-state index contributed by atoms with van der Waals surface area (Å²) in [6.07, 6.45) is 5.13. The molecule has 0 saturated carbocycles. The molecule has 0 spiro atoms. The number of nitrogens with two attached hydrogens (primary N) is 1. The zero-order chi connectivity index (χ0) is 13.0. The van der Waals surface area contributed by atoms with Crippen LogP contribution in [0.25, 0.3) is 5.65 Å². The van der Waals surface area contributed by atoms with Crippen LogP contribution in [0.4, 0.5) is 0 Å². The molecule has 2 heterocycles. The van der Waals surface area contributed by atoms with Crippen LogP contribution in [-0.4, -0.2) is 33.6 Å². The van der Waals surface area contributed by atoms with E-state index in [2.05, 4.69) is 15.4 Å². The van der Waals surface area contributed by atoms with E-state index in [0.29, 0.717) is 24.3 Å². The molecule has 0 aromatic carbocycles. The first-order valence-electron chi connectivity index (χ1n) is 6.01. The molecule has 0 unspecified atom stereocenters. The number of carbonyl (C=O) groups excluding carboxylic acids is 1. The molecule has 0 atom stereocenters. The van der Waals surface area contributed by atoms with Crippen LogP contribution in [0.1, 0.15) is 28.9 Å². The van der Waals surface area contributed by atoms with Gasteiger partial charge in [-0.15, -0.1) is 12.4 Å². The van der Waals surface area contributed by atoms with Crippen molar-refractivity contribution in [3.63, 3.8) is 0 Å². The topological polar surface area (TPSA) is 85.3 Å². The van der Waals surface area contributed by atoms with Crippen molar-refractivity contribution in [3.05, 3.63) is 29.7 Å². The monoisotopic (exact) mass is 283 g/mol. The molecule has 1 amide bonds. The fourth-order valence-electron chi connectivity index (χ4n) is 1.69. The largest absolute Gasteiger partial charge is 0.352 e. The van der Waals surface area contributed by atoms with Gasteiger partial charge in [0.05, 0.1) is 6.20 Å². The van der Waals surface area contributed by atoms with Crippen LogP contribution in [0, 0.1) is 6.92 Å². The molecular formula is C12H18ClN5O. The molecule has 0 aliphatic rings. The van der Waals surface area contributed by atoms with Gasteiger partial charge in [-0.25, -0.2) is 9.50 Å². The number of aryl methyl sites for hydroxylation is 1. The Labute approximate surface area is 117 Å². The average molecular weight is 284 g/mol. The second kappa shape index (κ2) is 7.06. The molecule has 19 heavy (non-hydrogen) atoms. The number of rotatable bonds is 5. The molecule has 0 aliphatic carbocycles. The van der Waals surface area contributed by atoms with Crippen LogP contribution in [0.5, 0.6) is 0 Å². The normalized spacial score (nSPS) is 10.2. The highest BCUT2D eigenvalue weighted by molar-refractivity contribution is 5.99. The number of halogens is 1. The molecule has 7 heteroatoms. The van der Waals surface area contributed by atoms with Crippen molar-refractivity contribution in [3.8, 4) is 0 Å². The van der Waals surface area contributed by atoms with Gasteiger partial charge in [0.2, 0.25) is 0 Å². The van der Waals surface area contributed by atoms with Crippen LogP contribution in [0.2, 0.25) is 0 Å². The Bertz CT molecular complexity index is 554. The number of amides is 1. The summed E-state index contributed by atoms with van der Waals surface area (Å²) >= 11 is 0. The van der Waals surface area contributed by atoms with E-state index in [0.717, 1.165) is 18.5 Å². The average Bonchev–Trinajstić information content (AvgIpc) is 2.77. The maximum absolute atomic E-state index is 12.0. The van der Waals surface area contributed by atoms with Crippen LogP contribution >= 0.6 is 12.4 Å². The van der Waals surface area contributed by atoms with Gasteiger partial charge < -0.3 is 11.1 Å². The molecule has 2 rings (SSSR count). The van der Waals surface area contributed by atoms with Crippen LogP contribution in [-0.2, 0) is 0 Å². The van der Waals surface area contributed by atoms with Crippen molar-refractivity contribution in [2.75, 3.05) is 13.1 Å². The number of carbonyl (C=O) groups is 1. The number of fused-ring (bicyclic) bond motifs is 1. The molecule has 0 saturated heterocycles. The SMILES string of the molecule is Cc1ccn2ncc(C(=O)NCCCCN)c2n1.Cl. The number of nitrogens with zero attached hydrogens (tertiary/aromatic N) is 3. The van der Waals surface area contributed by atoms with Crippen molar-refractivity contribution in [2.24, 2.45) is 5.73 Å². The summed E-state index contributed by atoms with van der Waals surface area (Å²) in [4.78, 5) is 16.3. The van der Waals surface area contributed by atoms with E-state index < -0.39 is 0 Å². The third-order valence-corrected chi connectivity index (χ3v) is 2.67. The van der Waals surface area contributed by atoms with Gasteiger partial charge >= 0.3 is 0 Å². The van der Waals surface area contributed by atoms with Crippen LogP contribution in [0.15, 0.2) is 18.5 Å². The minimum absolute atomic E-state index is 0. The van der Waals surface area contributed by atoms with Gasteiger partial charge in [-0.3, -0.25) is 4.79 Å². The molecule has 0 fully saturated rings. The van der Waals surface area contributed by atoms with Crippen molar-refractivity contribution in [2.45, 2.75) is 19.8 Å². The molecular weight excluding hydrogens is 266 g/mol. The Morgan fingerprint density at radius 1 is 1.47 bits per heavy atom. The third-order valence-electron chi connectivity index (χ3n) is 2.67. The van der Waals surface area contributed by atoms with Crippen molar-refractivity contribution < 1.29 is 4.79 Å². The van der Waals surface area contributed by atoms with Crippen molar-refractivity contribution >= 4 is 24.0 Å². The predicted molar refractivity (Wildman–Crippen MR) is 75.6 cm³/mol. The van der Waals surface area contributed by atoms with E-state index in [1.54, 1.807) is 16.9 Å². The van der Waals surface area contributed by atoms with Gasteiger partial charge in [0.15, 0.2) is 5.65 Å². The van der Waals surface area contributed by atoms with Gasteiger partial charge in [-0.2, -0.15) is 5.10 Å². The second-order valence-corrected chi connectivity index (χ2v) is 4.15. The van der Waals surface area contributed by atoms with Crippen LogP contribution in [0.3, 0.4) is 0 Å².